The van der Waals surface area contributed by atoms with Gasteiger partial charge in [0.1, 0.15) is 5.52 Å². The van der Waals surface area contributed by atoms with Crippen LogP contribution in [0.1, 0.15) is 11.3 Å². The molecule has 0 atom stereocenters. The molecule has 0 aliphatic rings. The van der Waals surface area contributed by atoms with Gasteiger partial charge in [-0.15, -0.1) is 0 Å². The molecule has 0 radical (unpaired) electrons. The van der Waals surface area contributed by atoms with Crippen LogP contribution in [0, 0.1) is 6.92 Å². The van der Waals surface area contributed by atoms with Crippen molar-refractivity contribution >= 4 is 17.0 Å². The summed E-state index contributed by atoms with van der Waals surface area (Å²) in [6.07, 6.45) is 3.57. The number of anilines is 2. The van der Waals surface area contributed by atoms with Crippen LogP contribution in [0.15, 0.2) is 42.7 Å². The molecule has 19 heavy (non-hydrogen) atoms. The molecule has 0 bridgehead atoms. The minimum atomic E-state index is 0.552. The van der Waals surface area contributed by atoms with Crippen molar-refractivity contribution in [2.75, 3.05) is 5.32 Å². The van der Waals surface area contributed by atoms with E-state index in [2.05, 4.69) is 15.4 Å². The van der Waals surface area contributed by atoms with Gasteiger partial charge in [-0.3, -0.25) is 0 Å². The highest BCUT2D eigenvalue weighted by Gasteiger charge is 2.05. The van der Waals surface area contributed by atoms with Gasteiger partial charge in [0.25, 0.3) is 0 Å². The van der Waals surface area contributed by atoms with Gasteiger partial charge in [0.05, 0.1) is 5.69 Å². The number of nitrogens with one attached hydrogen (secondary N) is 1. The normalized spacial score (nSPS) is 10.8. The van der Waals surface area contributed by atoms with Gasteiger partial charge in [0.2, 0.25) is 0 Å². The zero-order chi connectivity index (χ0) is 13.2. The Morgan fingerprint density at radius 2 is 2.05 bits per heavy atom. The Balaban J connectivity index is 1.95. The summed E-state index contributed by atoms with van der Waals surface area (Å²) in [5, 5.41) is 7.66. The maximum atomic E-state index is 5.59. The monoisotopic (exact) mass is 253 g/mol. The maximum Gasteiger partial charge on any atom is 0.156 e. The first-order valence-electron chi connectivity index (χ1n) is 6.13. The van der Waals surface area contributed by atoms with E-state index >= 15 is 0 Å². The topological polar surface area (TPSA) is 68.2 Å². The Hall–Kier alpha value is -2.40. The first-order valence-corrected chi connectivity index (χ1v) is 6.13. The molecule has 0 spiro atoms. The van der Waals surface area contributed by atoms with Crippen molar-refractivity contribution in [1.82, 2.24) is 14.6 Å². The number of fused-ring (bicyclic) bond motifs is 1. The molecular weight excluding hydrogens is 238 g/mol. The predicted molar refractivity (Wildman–Crippen MR) is 75.3 cm³/mol. The maximum absolute atomic E-state index is 5.59. The zero-order valence-electron chi connectivity index (χ0n) is 10.7. The standard InChI is InChI=1S/C14H15N5/c1-10-8-13-14(16-6-7-19(13)18-10)17-12-4-2-11(9-15)3-5-12/h2-8H,9,15H2,1H3,(H,16,17). The molecule has 3 rings (SSSR count). The lowest BCUT2D eigenvalue weighted by molar-refractivity contribution is 0.924. The minimum absolute atomic E-state index is 0.552. The molecular formula is C14H15N5. The van der Waals surface area contributed by atoms with Gasteiger partial charge >= 0.3 is 0 Å². The van der Waals surface area contributed by atoms with Gasteiger partial charge in [0.15, 0.2) is 5.82 Å². The molecule has 0 saturated carbocycles. The number of nitrogens with zero attached hydrogens (tertiary/aromatic N) is 3. The Bertz CT molecular complexity index is 699. The van der Waals surface area contributed by atoms with Crippen molar-refractivity contribution in [2.45, 2.75) is 13.5 Å². The summed E-state index contributed by atoms with van der Waals surface area (Å²) in [6.45, 7) is 2.52. The van der Waals surface area contributed by atoms with Crippen LogP contribution in [-0.4, -0.2) is 14.6 Å². The molecule has 0 fully saturated rings. The molecule has 5 heteroatoms. The van der Waals surface area contributed by atoms with Crippen molar-refractivity contribution < 1.29 is 0 Å². The van der Waals surface area contributed by atoms with Crippen molar-refractivity contribution in [2.24, 2.45) is 5.73 Å². The van der Waals surface area contributed by atoms with E-state index in [1.54, 1.807) is 6.20 Å². The highest BCUT2D eigenvalue weighted by molar-refractivity contribution is 5.73. The van der Waals surface area contributed by atoms with Gasteiger partial charge < -0.3 is 11.1 Å². The second-order valence-corrected chi connectivity index (χ2v) is 4.42. The quantitative estimate of drug-likeness (QED) is 0.751. The molecule has 3 aromatic rings. The molecule has 5 nitrogen and oxygen atoms in total. The van der Waals surface area contributed by atoms with E-state index in [1.165, 1.54) is 0 Å². The third-order valence-corrected chi connectivity index (χ3v) is 2.96. The smallest absolute Gasteiger partial charge is 0.156 e. The fraction of sp³-hybridized carbons (Fsp3) is 0.143. The summed E-state index contributed by atoms with van der Waals surface area (Å²) in [7, 11) is 0. The molecule has 0 unspecified atom stereocenters. The summed E-state index contributed by atoms with van der Waals surface area (Å²) in [4.78, 5) is 4.36. The average molecular weight is 253 g/mol. The van der Waals surface area contributed by atoms with E-state index in [0.29, 0.717) is 6.54 Å². The van der Waals surface area contributed by atoms with Crippen LogP contribution in [0.3, 0.4) is 0 Å². The van der Waals surface area contributed by atoms with Crippen LogP contribution in [0.2, 0.25) is 0 Å². The molecule has 0 aliphatic carbocycles. The van der Waals surface area contributed by atoms with Crippen molar-refractivity contribution in [1.29, 1.82) is 0 Å². The number of rotatable bonds is 3. The fourth-order valence-electron chi connectivity index (χ4n) is 2.00. The minimum Gasteiger partial charge on any atom is -0.338 e. The van der Waals surface area contributed by atoms with E-state index in [1.807, 2.05) is 48.0 Å². The zero-order valence-corrected chi connectivity index (χ0v) is 10.7. The summed E-state index contributed by atoms with van der Waals surface area (Å²) >= 11 is 0. The van der Waals surface area contributed by atoms with Gasteiger partial charge in [-0.05, 0) is 30.7 Å². The molecule has 96 valence electrons. The largest absolute Gasteiger partial charge is 0.338 e. The summed E-state index contributed by atoms with van der Waals surface area (Å²) in [5.41, 5.74) is 9.60. The second kappa shape index (κ2) is 4.70. The van der Waals surface area contributed by atoms with E-state index in [9.17, 15) is 0 Å². The molecule has 1 aromatic carbocycles. The number of aryl methyl sites for hydroxylation is 1. The van der Waals surface area contributed by atoms with Crippen LogP contribution in [-0.2, 0) is 6.54 Å². The molecule has 0 saturated heterocycles. The average Bonchev–Trinajstić information content (AvgIpc) is 2.81. The first kappa shape index (κ1) is 11.7. The second-order valence-electron chi connectivity index (χ2n) is 4.42. The molecule has 2 aromatic heterocycles. The van der Waals surface area contributed by atoms with Crippen LogP contribution < -0.4 is 11.1 Å². The lowest BCUT2D eigenvalue weighted by Gasteiger charge is -2.07. The lowest BCUT2D eigenvalue weighted by Crippen LogP contribution is -1.99. The number of aromatic nitrogens is 3. The Morgan fingerprint density at radius 1 is 1.26 bits per heavy atom. The Labute approximate surface area is 111 Å². The van der Waals surface area contributed by atoms with Crippen LogP contribution in [0.25, 0.3) is 5.52 Å². The van der Waals surface area contributed by atoms with Gasteiger partial charge in [-0.1, -0.05) is 12.1 Å². The van der Waals surface area contributed by atoms with Crippen LogP contribution in [0.5, 0.6) is 0 Å². The van der Waals surface area contributed by atoms with E-state index in [0.717, 1.165) is 28.3 Å². The SMILES string of the molecule is Cc1cc2c(Nc3ccc(CN)cc3)nccn2n1. The predicted octanol–water partition coefficient (Wildman–Crippen LogP) is 2.24. The van der Waals surface area contributed by atoms with E-state index in [-0.39, 0.29) is 0 Å². The summed E-state index contributed by atoms with van der Waals surface area (Å²) in [5.74, 6) is 0.795. The number of hydrogen-bond donors (Lipinski definition) is 2. The first-order chi connectivity index (χ1) is 9.26. The highest BCUT2D eigenvalue weighted by atomic mass is 15.2. The fourth-order valence-corrected chi connectivity index (χ4v) is 2.00. The van der Waals surface area contributed by atoms with Gasteiger partial charge in [-0.25, -0.2) is 9.50 Å². The lowest BCUT2D eigenvalue weighted by atomic mass is 10.2. The van der Waals surface area contributed by atoms with Crippen molar-refractivity contribution in [3.63, 3.8) is 0 Å². The third kappa shape index (κ3) is 2.28. The van der Waals surface area contributed by atoms with Crippen molar-refractivity contribution in [3.8, 4) is 0 Å². The number of benzene rings is 1. The Kier molecular flexibility index (Phi) is 2.89. The summed E-state index contributed by atoms with van der Waals surface area (Å²) in [6, 6.07) is 10.0. The van der Waals surface area contributed by atoms with E-state index < -0.39 is 0 Å². The highest BCUT2D eigenvalue weighted by Crippen LogP contribution is 2.20. The Morgan fingerprint density at radius 3 is 2.79 bits per heavy atom. The van der Waals surface area contributed by atoms with Gasteiger partial charge in [-0.2, -0.15) is 5.10 Å². The van der Waals surface area contributed by atoms with Crippen LogP contribution in [0.4, 0.5) is 11.5 Å². The van der Waals surface area contributed by atoms with E-state index in [4.69, 9.17) is 5.73 Å². The van der Waals surface area contributed by atoms with Crippen LogP contribution >= 0.6 is 0 Å². The molecule has 2 heterocycles. The molecule has 0 amide bonds. The summed E-state index contributed by atoms with van der Waals surface area (Å²) < 4.78 is 1.82. The van der Waals surface area contributed by atoms with Gasteiger partial charge in [0, 0.05) is 24.6 Å². The molecule has 3 N–H and O–H groups in total. The third-order valence-electron chi connectivity index (χ3n) is 2.96. The van der Waals surface area contributed by atoms with Crippen molar-refractivity contribution in [3.05, 3.63) is 54.0 Å². The number of nitrogens with two attached hydrogens (primary N) is 1. The molecule has 0 aliphatic heterocycles. The number of hydrogen-bond acceptors (Lipinski definition) is 4.